The van der Waals surface area contributed by atoms with Crippen LogP contribution in [-0.4, -0.2) is 17.4 Å². The Kier molecular flexibility index (Phi) is 3.79. The van der Waals surface area contributed by atoms with Gasteiger partial charge in [0, 0.05) is 10.9 Å². The fraction of sp³-hybridized carbons (Fsp3) is 0.222. The van der Waals surface area contributed by atoms with Gasteiger partial charge in [-0.1, -0.05) is 22.0 Å². The van der Waals surface area contributed by atoms with Crippen molar-refractivity contribution in [1.29, 1.82) is 0 Å². The van der Waals surface area contributed by atoms with Gasteiger partial charge in [-0.15, -0.1) is 13.2 Å². The van der Waals surface area contributed by atoms with Crippen molar-refractivity contribution in [1.82, 2.24) is 0 Å². The van der Waals surface area contributed by atoms with E-state index in [1.807, 2.05) is 0 Å². The number of halogens is 4. The molecular weight excluding hydrogens is 293 g/mol. The molecule has 0 aliphatic carbocycles. The summed E-state index contributed by atoms with van der Waals surface area (Å²) in [6.45, 7) is 0. The van der Waals surface area contributed by atoms with Crippen molar-refractivity contribution in [3.8, 4) is 5.75 Å². The SMILES string of the molecule is O=C(O)c1cccc(OC(F)(F)F)c1CBr. The molecule has 0 heterocycles. The minimum absolute atomic E-state index is 0.0408. The van der Waals surface area contributed by atoms with Crippen molar-refractivity contribution < 1.29 is 27.8 Å². The molecule has 16 heavy (non-hydrogen) atoms. The van der Waals surface area contributed by atoms with Gasteiger partial charge in [0.05, 0.1) is 5.56 Å². The molecular formula is C9H6BrF3O3. The molecule has 0 aliphatic heterocycles. The molecule has 0 saturated heterocycles. The summed E-state index contributed by atoms with van der Waals surface area (Å²) in [5.74, 6) is -1.81. The fourth-order valence-corrected chi connectivity index (χ4v) is 1.70. The average Bonchev–Trinajstić information content (AvgIpc) is 2.14. The lowest BCUT2D eigenvalue weighted by Gasteiger charge is -2.13. The summed E-state index contributed by atoms with van der Waals surface area (Å²) in [4.78, 5) is 10.7. The molecule has 7 heteroatoms. The van der Waals surface area contributed by atoms with Crippen LogP contribution in [0.2, 0.25) is 0 Å². The van der Waals surface area contributed by atoms with E-state index in [1.165, 1.54) is 12.1 Å². The molecule has 1 N–H and O–H groups in total. The summed E-state index contributed by atoms with van der Waals surface area (Å²) in [5.41, 5.74) is -0.272. The highest BCUT2D eigenvalue weighted by Crippen LogP contribution is 2.30. The second-order valence-electron chi connectivity index (χ2n) is 2.77. The Hall–Kier alpha value is -1.24. The summed E-state index contributed by atoms with van der Waals surface area (Å²) in [6, 6.07) is 3.47. The number of carboxylic acid groups (broad SMARTS) is 1. The van der Waals surface area contributed by atoms with Gasteiger partial charge in [0.2, 0.25) is 0 Å². The Bertz CT molecular complexity index is 403. The summed E-state index contributed by atoms with van der Waals surface area (Å²) in [6.07, 6.45) is -4.84. The van der Waals surface area contributed by atoms with Crippen LogP contribution in [-0.2, 0) is 5.33 Å². The smallest absolute Gasteiger partial charge is 0.478 e. The van der Waals surface area contributed by atoms with Gasteiger partial charge < -0.3 is 9.84 Å². The van der Waals surface area contributed by atoms with Crippen LogP contribution >= 0.6 is 15.9 Å². The molecule has 0 aliphatic rings. The molecule has 0 spiro atoms. The molecule has 1 aromatic rings. The predicted octanol–water partition coefficient (Wildman–Crippen LogP) is 3.18. The lowest BCUT2D eigenvalue weighted by Crippen LogP contribution is -2.18. The maximum Gasteiger partial charge on any atom is 0.573 e. The summed E-state index contributed by atoms with van der Waals surface area (Å²) >= 11 is 2.92. The summed E-state index contributed by atoms with van der Waals surface area (Å²) < 4.78 is 39.7. The largest absolute Gasteiger partial charge is 0.573 e. The van der Waals surface area contributed by atoms with Gasteiger partial charge >= 0.3 is 12.3 Å². The van der Waals surface area contributed by atoms with Gasteiger partial charge in [-0.3, -0.25) is 0 Å². The van der Waals surface area contributed by atoms with Gasteiger partial charge in [-0.05, 0) is 12.1 Å². The number of carbonyl (C=O) groups is 1. The molecule has 1 rings (SSSR count). The maximum absolute atomic E-state index is 12.0. The first kappa shape index (κ1) is 12.8. The van der Waals surface area contributed by atoms with E-state index < -0.39 is 18.1 Å². The molecule has 1 aromatic carbocycles. The zero-order valence-electron chi connectivity index (χ0n) is 7.71. The van der Waals surface area contributed by atoms with Crippen LogP contribution < -0.4 is 4.74 Å². The first-order valence-electron chi connectivity index (χ1n) is 4.02. The zero-order valence-corrected chi connectivity index (χ0v) is 9.30. The van der Waals surface area contributed by atoms with E-state index in [-0.39, 0.29) is 16.5 Å². The quantitative estimate of drug-likeness (QED) is 0.872. The van der Waals surface area contributed by atoms with Gasteiger partial charge in [0.25, 0.3) is 0 Å². The second-order valence-corrected chi connectivity index (χ2v) is 3.33. The van der Waals surface area contributed by atoms with Crippen molar-refractivity contribution in [3.63, 3.8) is 0 Å². The molecule has 0 unspecified atom stereocenters. The normalized spacial score (nSPS) is 11.2. The Morgan fingerprint density at radius 1 is 1.44 bits per heavy atom. The Morgan fingerprint density at radius 2 is 2.06 bits per heavy atom. The molecule has 0 aromatic heterocycles. The molecule has 0 atom stereocenters. The second kappa shape index (κ2) is 4.73. The van der Waals surface area contributed by atoms with E-state index in [1.54, 1.807) is 0 Å². The maximum atomic E-state index is 12.0. The molecule has 0 saturated carbocycles. The van der Waals surface area contributed by atoms with Crippen LogP contribution in [0.15, 0.2) is 18.2 Å². The lowest BCUT2D eigenvalue weighted by molar-refractivity contribution is -0.274. The van der Waals surface area contributed by atoms with E-state index >= 15 is 0 Å². The molecule has 0 amide bonds. The number of hydrogen-bond acceptors (Lipinski definition) is 2. The Morgan fingerprint density at radius 3 is 2.50 bits per heavy atom. The van der Waals surface area contributed by atoms with Crippen molar-refractivity contribution >= 4 is 21.9 Å². The number of alkyl halides is 4. The molecule has 0 fully saturated rings. The van der Waals surface area contributed by atoms with E-state index in [0.29, 0.717) is 0 Å². The molecule has 88 valence electrons. The molecule has 3 nitrogen and oxygen atoms in total. The topological polar surface area (TPSA) is 46.5 Å². The zero-order chi connectivity index (χ0) is 12.3. The monoisotopic (exact) mass is 298 g/mol. The van der Waals surface area contributed by atoms with Crippen LogP contribution in [0.1, 0.15) is 15.9 Å². The van der Waals surface area contributed by atoms with Crippen molar-refractivity contribution in [2.45, 2.75) is 11.7 Å². The first-order valence-corrected chi connectivity index (χ1v) is 5.14. The van der Waals surface area contributed by atoms with Crippen molar-refractivity contribution in [3.05, 3.63) is 29.3 Å². The van der Waals surface area contributed by atoms with Crippen LogP contribution in [0.4, 0.5) is 13.2 Å². The van der Waals surface area contributed by atoms with Crippen LogP contribution in [0.5, 0.6) is 5.75 Å². The first-order chi connectivity index (χ1) is 7.35. The predicted molar refractivity (Wildman–Crippen MR) is 52.7 cm³/mol. The number of rotatable bonds is 3. The molecule has 0 radical (unpaired) electrons. The third-order valence-electron chi connectivity index (χ3n) is 1.72. The van der Waals surface area contributed by atoms with Crippen molar-refractivity contribution in [2.75, 3.05) is 0 Å². The van der Waals surface area contributed by atoms with Gasteiger partial charge in [-0.25, -0.2) is 4.79 Å². The van der Waals surface area contributed by atoms with Crippen LogP contribution in [0.25, 0.3) is 0 Å². The van der Waals surface area contributed by atoms with E-state index in [9.17, 15) is 18.0 Å². The number of aromatic carboxylic acids is 1. The summed E-state index contributed by atoms with van der Waals surface area (Å²) in [5, 5.41) is 8.72. The van der Waals surface area contributed by atoms with E-state index in [2.05, 4.69) is 20.7 Å². The minimum Gasteiger partial charge on any atom is -0.478 e. The number of benzene rings is 1. The third kappa shape index (κ3) is 3.13. The van der Waals surface area contributed by atoms with Gasteiger partial charge in [-0.2, -0.15) is 0 Å². The van der Waals surface area contributed by atoms with E-state index in [4.69, 9.17) is 5.11 Å². The average molecular weight is 299 g/mol. The number of ether oxygens (including phenoxy) is 1. The highest BCUT2D eigenvalue weighted by Gasteiger charge is 2.32. The van der Waals surface area contributed by atoms with Gasteiger partial charge in [0.1, 0.15) is 5.75 Å². The van der Waals surface area contributed by atoms with Crippen LogP contribution in [0.3, 0.4) is 0 Å². The Labute approximate surface area is 97.0 Å². The van der Waals surface area contributed by atoms with Crippen LogP contribution in [0, 0.1) is 0 Å². The van der Waals surface area contributed by atoms with E-state index in [0.717, 1.165) is 6.07 Å². The third-order valence-corrected chi connectivity index (χ3v) is 2.28. The highest BCUT2D eigenvalue weighted by molar-refractivity contribution is 9.08. The standard InChI is InChI=1S/C9H6BrF3O3/c10-4-6-5(8(14)15)2-1-3-7(6)16-9(11,12)13/h1-3H,4H2,(H,14,15). The number of carboxylic acids is 1. The molecule has 0 bridgehead atoms. The number of hydrogen-bond donors (Lipinski definition) is 1. The van der Waals surface area contributed by atoms with Gasteiger partial charge in [0.15, 0.2) is 0 Å². The Balaban J connectivity index is 3.19. The summed E-state index contributed by atoms with van der Waals surface area (Å²) in [7, 11) is 0. The minimum atomic E-state index is -4.84. The lowest BCUT2D eigenvalue weighted by atomic mass is 10.1. The highest BCUT2D eigenvalue weighted by atomic mass is 79.9. The van der Waals surface area contributed by atoms with Crippen molar-refractivity contribution in [2.24, 2.45) is 0 Å². The fourth-order valence-electron chi connectivity index (χ4n) is 1.12.